The normalized spacial score (nSPS) is 15.1. The molecule has 0 bridgehead atoms. The smallest absolute Gasteiger partial charge is 0.225 e. The number of hydrogen-bond acceptors (Lipinski definition) is 2. The molecule has 1 aromatic heterocycles. The van der Waals surface area contributed by atoms with Crippen LogP contribution in [0.2, 0.25) is 0 Å². The lowest BCUT2D eigenvalue weighted by Gasteiger charge is -2.32. The number of hydrogen-bond donors (Lipinski definition) is 1. The maximum atomic E-state index is 12.6. The number of nitrogens with zero attached hydrogens (tertiary/aromatic N) is 1. The molecule has 1 amide bonds. The van der Waals surface area contributed by atoms with Gasteiger partial charge in [0.2, 0.25) is 5.91 Å². The largest absolute Gasteiger partial charge is 0.493 e. The average molecular weight is 377 g/mol. The zero-order valence-corrected chi connectivity index (χ0v) is 16.7. The number of para-hydroxylation sites is 1. The third-order valence-corrected chi connectivity index (χ3v) is 5.83. The molecule has 2 aromatic carbocycles. The van der Waals surface area contributed by atoms with Crippen LogP contribution in [0.15, 0.2) is 48.7 Å². The fourth-order valence-electron chi connectivity index (χ4n) is 4.14. The van der Waals surface area contributed by atoms with E-state index in [0.29, 0.717) is 18.9 Å². The van der Waals surface area contributed by atoms with Gasteiger partial charge in [-0.3, -0.25) is 4.79 Å². The SMILES string of the molecule is Cc1ccc(C)c(OCCC(=O)N2CCC(c3c[nH]c4ccccc34)CC2)c1. The van der Waals surface area contributed by atoms with E-state index in [1.807, 2.05) is 17.9 Å². The molecular weight excluding hydrogens is 348 g/mol. The number of H-pyrrole nitrogens is 1. The van der Waals surface area contributed by atoms with Crippen LogP contribution in [-0.4, -0.2) is 35.5 Å². The molecule has 4 rings (SSSR count). The molecule has 0 atom stereocenters. The van der Waals surface area contributed by atoms with Gasteiger partial charge in [-0.25, -0.2) is 0 Å². The Morgan fingerprint density at radius 3 is 2.75 bits per heavy atom. The number of carbonyl (C=O) groups is 1. The molecule has 1 aliphatic rings. The minimum absolute atomic E-state index is 0.197. The number of aryl methyl sites for hydroxylation is 2. The summed E-state index contributed by atoms with van der Waals surface area (Å²) in [6.45, 7) is 6.17. The van der Waals surface area contributed by atoms with Gasteiger partial charge in [0, 0.05) is 30.2 Å². The molecule has 0 saturated carbocycles. The number of benzene rings is 2. The molecule has 3 aromatic rings. The summed E-state index contributed by atoms with van der Waals surface area (Å²) in [4.78, 5) is 18.0. The first-order valence-corrected chi connectivity index (χ1v) is 10.2. The molecule has 2 heterocycles. The first-order chi connectivity index (χ1) is 13.6. The molecule has 1 saturated heterocycles. The average Bonchev–Trinajstić information content (AvgIpc) is 3.15. The molecule has 0 aliphatic carbocycles. The Labute approximate surface area is 166 Å². The van der Waals surface area contributed by atoms with Crippen molar-refractivity contribution in [2.75, 3.05) is 19.7 Å². The number of nitrogens with one attached hydrogen (secondary N) is 1. The molecule has 0 unspecified atom stereocenters. The molecule has 1 aliphatic heterocycles. The van der Waals surface area contributed by atoms with E-state index in [1.165, 1.54) is 22.0 Å². The minimum atomic E-state index is 0.197. The van der Waals surface area contributed by atoms with Gasteiger partial charge in [0.15, 0.2) is 0 Å². The lowest BCUT2D eigenvalue weighted by molar-refractivity contribution is -0.132. The number of ether oxygens (including phenoxy) is 1. The first-order valence-electron chi connectivity index (χ1n) is 10.2. The zero-order valence-electron chi connectivity index (χ0n) is 16.7. The Morgan fingerprint density at radius 1 is 1.14 bits per heavy atom. The number of rotatable bonds is 5. The number of fused-ring (bicyclic) bond motifs is 1. The van der Waals surface area contributed by atoms with E-state index in [2.05, 4.69) is 54.5 Å². The van der Waals surface area contributed by atoms with Crippen LogP contribution in [0.4, 0.5) is 0 Å². The standard InChI is InChI=1S/C24H28N2O2/c1-17-7-8-18(2)23(15-17)28-14-11-24(27)26-12-9-19(10-13-26)21-16-25-22-6-4-3-5-20(21)22/h3-8,15-16,19,25H,9-14H2,1-2H3. The van der Waals surface area contributed by atoms with E-state index in [0.717, 1.165) is 37.2 Å². The van der Waals surface area contributed by atoms with Crippen LogP contribution in [-0.2, 0) is 4.79 Å². The van der Waals surface area contributed by atoms with E-state index in [1.54, 1.807) is 0 Å². The minimum Gasteiger partial charge on any atom is -0.493 e. The highest BCUT2D eigenvalue weighted by molar-refractivity contribution is 5.83. The van der Waals surface area contributed by atoms with Crippen molar-refractivity contribution in [3.63, 3.8) is 0 Å². The van der Waals surface area contributed by atoms with E-state index >= 15 is 0 Å². The summed E-state index contributed by atoms with van der Waals surface area (Å²) < 4.78 is 5.86. The summed E-state index contributed by atoms with van der Waals surface area (Å²) in [6.07, 6.45) is 4.62. The van der Waals surface area contributed by atoms with Gasteiger partial charge < -0.3 is 14.6 Å². The zero-order chi connectivity index (χ0) is 19.5. The van der Waals surface area contributed by atoms with Crippen LogP contribution < -0.4 is 4.74 Å². The van der Waals surface area contributed by atoms with Gasteiger partial charge in [-0.05, 0) is 61.4 Å². The molecule has 28 heavy (non-hydrogen) atoms. The second kappa shape index (κ2) is 8.09. The van der Waals surface area contributed by atoms with Crippen molar-refractivity contribution >= 4 is 16.8 Å². The Kier molecular flexibility index (Phi) is 5.38. The highest BCUT2D eigenvalue weighted by atomic mass is 16.5. The van der Waals surface area contributed by atoms with Gasteiger partial charge in [-0.15, -0.1) is 0 Å². The first kappa shape index (κ1) is 18.6. The molecule has 4 heteroatoms. The third-order valence-electron chi connectivity index (χ3n) is 5.83. The molecule has 0 radical (unpaired) electrons. The van der Waals surface area contributed by atoms with E-state index in [-0.39, 0.29) is 5.91 Å². The van der Waals surface area contributed by atoms with Crippen molar-refractivity contribution in [3.05, 3.63) is 65.4 Å². The van der Waals surface area contributed by atoms with E-state index in [4.69, 9.17) is 4.74 Å². The second-order valence-corrected chi connectivity index (χ2v) is 7.81. The molecule has 4 nitrogen and oxygen atoms in total. The van der Waals surface area contributed by atoms with Gasteiger partial charge in [0.1, 0.15) is 5.75 Å². The Morgan fingerprint density at radius 2 is 1.93 bits per heavy atom. The predicted octanol–water partition coefficient (Wildman–Crippen LogP) is 4.96. The van der Waals surface area contributed by atoms with Gasteiger partial charge in [0.05, 0.1) is 13.0 Å². The summed E-state index contributed by atoms with van der Waals surface area (Å²) in [5.41, 5.74) is 4.87. The number of aromatic nitrogens is 1. The van der Waals surface area contributed by atoms with Crippen LogP contribution in [0, 0.1) is 13.8 Å². The van der Waals surface area contributed by atoms with Crippen LogP contribution in [0.25, 0.3) is 10.9 Å². The highest BCUT2D eigenvalue weighted by Gasteiger charge is 2.25. The maximum Gasteiger partial charge on any atom is 0.225 e. The number of piperidine rings is 1. The van der Waals surface area contributed by atoms with Crippen molar-refractivity contribution in [1.29, 1.82) is 0 Å². The summed E-state index contributed by atoms with van der Waals surface area (Å²) >= 11 is 0. The number of likely N-dealkylation sites (tertiary alicyclic amines) is 1. The van der Waals surface area contributed by atoms with Crippen LogP contribution >= 0.6 is 0 Å². The van der Waals surface area contributed by atoms with Crippen molar-refractivity contribution in [2.45, 2.75) is 39.0 Å². The Hall–Kier alpha value is -2.75. The monoisotopic (exact) mass is 376 g/mol. The fourth-order valence-corrected chi connectivity index (χ4v) is 4.14. The summed E-state index contributed by atoms with van der Waals surface area (Å²) in [5, 5.41) is 1.31. The van der Waals surface area contributed by atoms with Crippen molar-refractivity contribution < 1.29 is 9.53 Å². The van der Waals surface area contributed by atoms with E-state index < -0.39 is 0 Å². The van der Waals surface area contributed by atoms with Gasteiger partial charge in [-0.2, -0.15) is 0 Å². The maximum absolute atomic E-state index is 12.6. The molecule has 1 N–H and O–H groups in total. The Balaban J connectivity index is 1.29. The molecule has 0 spiro atoms. The fraction of sp³-hybridized carbons (Fsp3) is 0.375. The third kappa shape index (κ3) is 3.91. The number of carbonyl (C=O) groups excluding carboxylic acids is 1. The van der Waals surface area contributed by atoms with Crippen molar-refractivity contribution in [1.82, 2.24) is 9.88 Å². The summed E-state index contributed by atoms with van der Waals surface area (Å²) in [5.74, 6) is 1.60. The number of aromatic amines is 1. The quantitative estimate of drug-likeness (QED) is 0.684. The van der Waals surface area contributed by atoms with Crippen LogP contribution in [0.1, 0.15) is 41.9 Å². The number of amides is 1. The van der Waals surface area contributed by atoms with Crippen molar-refractivity contribution in [3.8, 4) is 5.75 Å². The molecule has 146 valence electrons. The second-order valence-electron chi connectivity index (χ2n) is 7.81. The predicted molar refractivity (Wildman–Crippen MR) is 113 cm³/mol. The Bertz CT molecular complexity index is 968. The lowest BCUT2D eigenvalue weighted by Crippen LogP contribution is -2.38. The highest BCUT2D eigenvalue weighted by Crippen LogP contribution is 2.33. The van der Waals surface area contributed by atoms with Crippen LogP contribution in [0.3, 0.4) is 0 Å². The van der Waals surface area contributed by atoms with E-state index in [9.17, 15) is 4.79 Å². The summed E-state index contributed by atoms with van der Waals surface area (Å²) in [7, 11) is 0. The topological polar surface area (TPSA) is 45.3 Å². The van der Waals surface area contributed by atoms with Gasteiger partial charge in [0.25, 0.3) is 0 Å². The lowest BCUT2D eigenvalue weighted by atomic mass is 9.89. The van der Waals surface area contributed by atoms with Gasteiger partial charge >= 0.3 is 0 Å². The van der Waals surface area contributed by atoms with Gasteiger partial charge in [-0.1, -0.05) is 30.3 Å². The summed E-state index contributed by atoms with van der Waals surface area (Å²) in [6, 6.07) is 14.6. The molecular formula is C24H28N2O2. The molecule has 1 fully saturated rings. The van der Waals surface area contributed by atoms with Crippen molar-refractivity contribution in [2.24, 2.45) is 0 Å². The van der Waals surface area contributed by atoms with Crippen LogP contribution in [0.5, 0.6) is 5.75 Å².